The van der Waals surface area contributed by atoms with Crippen LogP contribution in [0.2, 0.25) is 0 Å². The van der Waals surface area contributed by atoms with Gasteiger partial charge in [-0.3, -0.25) is 0 Å². The minimum absolute atomic E-state index is 0.601. The molecule has 0 amide bonds. The Hall–Kier alpha value is -5.74. The van der Waals surface area contributed by atoms with Crippen molar-refractivity contribution in [1.29, 1.82) is 0 Å². The summed E-state index contributed by atoms with van der Waals surface area (Å²) in [5.74, 6) is 5.61. The Kier molecular flexibility index (Phi) is 13.3. The number of benzene rings is 6. The molecule has 0 aromatic heterocycles. The normalized spacial score (nSPS) is 17.6. The molecule has 4 nitrogen and oxygen atoms in total. The van der Waals surface area contributed by atoms with E-state index in [1.165, 1.54) is 93.3 Å². The first-order valence-corrected chi connectivity index (χ1v) is 20.8. The van der Waals surface area contributed by atoms with Gasteiger partial charge in [0.2, 0.25) is 0 Å². The minimum atomic E-state index is 0.601. The summed E-state index contributed by atoms with van der Waals surface area (Å²) in [5, 5.41) is 0. The van der Waals surface area contributed by atoms with Crippen molar-refractivity contribution in [3.8, 4) is 45.3 Å². The minimum Gasteiger partial charge on any atom is -0.497 e. The Morgan fingerprint density at radius 1 is 0.379 bits per heavy atom. The topological polar surface area (TPSA) is 36.9 Å². The van der Waals surface area contributed by atoms with E-state index < -0.39 is 0 Å². The lowest BCUT2D eigenvalue weighted by molar-refractivity contribution is 0.394. The van der Waals surface area contributed by atoms with Crippen LogP contribution in [-0.4, -0.2) is 28.4 Å². The molecule has 2 aliphatic carbocycles. The van der Waals surface area contributed by atoms with E-state index in [0.717, 1.165) is 35.8 Å². The van der Waals surface area contributed by atoms with E-state index in [1.807, 2.05) is 24.3 Å². The highest BCUT2D eigenvalue weighted by Gasteiger charge is 2.24. The van der Waals surface area contributed by atoms with Crippen LogP contribution in [0.1, 0.15) is 96.1 Å². The molecule has 1 saturated carbocycles. The van der Waals surface area contributed by atoms with Crippen LogP contribution in [0.5, 0.6) is 23.0 Å². The molecule has 0 N–H and O–H groups in total. The lowest BCUT2D eigenvalue weighted by atomic mass is 9.76. The molecule has 298 valence electrons. The van der Waals surface area contributed by atoms with Crippen LogP contribution in [0.3, 0.4) is 0 Å². The maximum absolute atomic E-state index is 5.29. The van der Waals surface area contributed by atoms with Gasteiger partial charge in [-0.2, -0.15) is 0 Å². The van der Waals surface area contributed by atoms with Crippen molar-refractivity contribution in [2.45, 2.75) is 76.5 Å². The second kappa shape index (κ2) is 19.1. The van der Waals surface area contributed by atoms with Gasteiger partial charge in [-0.15, -0.1) is 0 Å². The molecule has 0 heterocycles. The van der Waals surface area contributed by atoms with Crippen LogP contribution >= 0.6 is 0 Å². The van der Waals surface area contributed by atoms with E-state index in [9.17, 15) is 0 Å². The second-order valence-electron chi connectivity index (χ2n) is 15.9. The molecule has 6 aromatic rings. The van der Waals surface area contributed by atoms with Gasteiger partial charge in [0, 0.05) is 0 Å². The molecule has 0 radical (unpaired) electrons. The van der Waals surface area contributed by atoms with Crippen LogP contribution in [0.4, 0.5) is 0 Å². The van der Waals surface area contributed by atoms with Gasteiger partial charge in [0.1, 0.15) is 23.0 Å². The van der Waals surface area contributed by atoms with Gasteiger partial charge in [0.25, 0.3) is 0 Å². The molecule has 1 atom stereocenters. The number of hydrogen-bond acceptors (Lipinski definition) is 4. The standard InChI is InChI=1S/C27H30O2.C27H28O2/c2*1-19-18-24(12-17-27(19)23-10-15-26(29-3)16-11-23)22-6-4-20(5-7-22)21-8-13-25(28-2)14-9-21/h8-18,20,22H,4-7H2,1-3H3;6,8-18,20H,4-5,7H2,1-3H3. The Bertz CT molecular complexity index is 2260. The first kappa shape index (κ1) is 40.5. The van der Waals surface area contributed by atoms with Crippen molar-refractivity contribution in [3.63, 3.8) is 0 Å². The van der Waals surface area contributed by atoms with Gasteiger partial charge >= 0.3 is 0 Å². The van der Waals surface area contributed by atoms with Crippen LogP contribution in [-0.2, 0) is 0 Å². The van der Waals surface area contributed by atoms with Crippen molar-refractivity contribution < 1.29 is 18.9 Å². The molecular weight excluding hydrogens is 713 g/mol. The lowest BCUT2D eigenvalue weighted by Gasteiger charge is -2.29. The molecule has 58 heavy (non-hydrogen) atoms. The van der Waals surface area contributed by atoms with Crippen molar-refractivity contribution in [2.75, 3.05) is 28.4 Å². The Labute approximate surface area is 346 Å². The number of aryl methyl sites for hydroxylation is 2. The van der Waals surface area contributed by atoms with Crippen LogP contribution in [0.25, 0.3) is 27.8 Å². The van der Waals surface area contributed by atoms with Crippen molar-refractivity contribution >= 4 is 5.57 Å². The van der Waals surface area contributed by atoms with E-state index in [-0.39, 0.29) is 0 Å². The van der Waals surface area contributed by atoms with E-state index in [0.29, 0.717) is 17.8 Å². The van der Waals surface area contributed by atoms with Crippen LogP contribution < -0.4 is 18.9 Å². The summed E-state index contributed by atoms with van der Waals surface area (Å²) in [7, 11) is 6.85. The molecule has 0 spiro atoms. The third kappa shape index (κ3) is 9.68. The molecule has 1 fully saturated rings. The molecule has 0 bridgehead atoms. The van der Waals surface area contributed by atoms with Gasteiger partial charge in [-0.25, -0.2) is 0 Å². The van der Waals surface area contributed by atoms with Crippen molar-refractivity contribution in [2.24, 2.45) is 0 Å². The Balaban J connectivity index is 0.000000177. The molecule has 8 rings (SSSR count). The summed E-state index contributed by atoms with van der Waals surface area (Å²) >= 11 is 0. The summed E-state index contributed by atoms with van der Waals surface area (Å²) in [4.78, 5) is 0. The Morgan fingerprint density at radius 2 is 0.759 bits per heavy atom. The molecule has 1 unspecified atom stereocenters. The quantitative estimate of drug-likeness (QED) is 0.139. The third-order valence-electron chi connectivity index (χ3n) is 12.4. The van der Waals surface area contributed by atoms with E-state index in [1.54, 1.807) is 28.4 Å². The molecule has 0 aliphatic heterocycles. The maximum atomic E-state index is 5.29. The van der Waals surface area contributed by atoms with Gasteiger partial charge in [0.05, 0.1) is 28.4 Å². The molecule has 0 saturated heterocycles. The van der Waals surface area contributed by atoms with Gasteiger partial charge in [-0.1, -0.05) is 91.0 Å². The fraction of sp³-hybridized carbons (Fsp3) is 0.296. The van der Waals surface area contributed by atoms with Gasteiger partial charge < -0.3 is 18.9 Å². The highest BCUT2D eigenvalue weighted by Crippen LogP contribution is 2.42. The number of rotatable bonds is 10. The molecule has 6 aromatic carbocycles. The van der Waals surface area contributed by atoms with Gasteiger partial charge in [0.15, 0.2) is 0 Å². The van der Waals surface area contributed by atoms with E-state index >= 15 is 0 Å². The summed E-state index contributed by atoms with van der Waals surface area (Å²) in [6.45, 7) is 4.43. The maximum Gasteiger partial charge on any atom is 0.118 e. The molecular formula is C54H58O4. The molecule has 2 aliphatic rings. The number of methoxy groups -OCH3 is 4. The summed E-state index contributed by atoms with van der Waals surface area (Å²) < 4.78 is 21.1. The van der Waals surface area contributed by atoms with Gasteiger partial charge in [-0.05, 0) is 186 Å². The van der Waals surface area contributed by atoms with Crippen LogP contribution in [0.15, 0.2) is 140 Å². The zero-order valence-corrected chi connectivity index (χ0v) is 35.1. The summed E-state index contributed by atoms with van der Waals surface area (Å²) in [6, 6.07) is 47.7. The summed E-state index contributed by atoms with van der Waals surface area (Å²) in [6.07, 6.45) is 10.9. The largest absolute Gasteiger partial charge is 0.497 e. The average molecular weight is 771 g/mol. The summed E-state index contributed by atoms with van der Waals surface area (Å²) in [5.41, 5.74) is 14.9. The average Bonchev–Trinajstić information content (AvgIpc) is 3.29. The lowest BCUT2D eigenvalue weighted by Crippen LogP contribution is -2.12. The zero-order valence-electron chi connectivity index (χ0n) is 35.1. The monoisotopic (exact) mass is 770 g/mol. The number of hydrogen-bond donors (Lipinski definition) is 0. The second-order valence-corrected chi connectivity index (χ2v) is 15.9. The SMILES string of the molecule is COc1ccc(-c2ccc(C3=CCC(c4ccc(OC)cc4)CC3)cc2C)cc1.COc1ccc(-c2ccc(C3CCC(c4ccc(OC)cc4)CC3)cc2C)cc1. The van der Waals surface area contributed by atoms with Crippen LogP contribution in [0, 0.1) is 13.8 Å². The van der Waals surface area contributed by atoms with E-state index in [2.05, 4.69) is 129 Å². The highest BCUT2D eigenvalue weighted by molar-refractivity contribution is 5.74. The third-order valence-corrected chi connectivity index (χ3v) is 12.4. The Morgan fingerprint density at radius 3 is 1.17 bits per heavy atom. The predicted molar refractivity (Wildman–Crippen MR) is 241 cm³/mol. The predicted octanol–water partition coefficient (Wildman–Crippen LogP) is 14.2. The zero-order chi connectivity index (χ0) is 40.4. The molecule has 4 heteroatoms. The highest BCUT2D eigenvalue weighted by atomic mass is 16.5. The number of ether oxygens (including phenoxy) is 4. The first-order valence-electron chi connectivity index (χ1n) is 20.8. The fourth-order valence-corrected chi connectivity index (χ4v) is 8.90. The smallest absolute Gasteiger partial charge is 0.118 e. The van der Waals surface area contributed by atoms with Crippen molar-refractivity contribution in [3.05, 3.63) is 173 Å². The van der Waals surface area contributed by atoms with E-state index in [4.69, 9.17) is 18.9 Å². The fourth-order valence-electron chi connectivity index (χ4n) is 8.90. The first-order chi connectivity index (χ1) is 28.3. The van der Waals surface area contributed by atoms with Crippen molar-refractivity contribution in [1.82, 2.24) is 0 Å². The number of allylic oxidation sites excluding steroid dienone is 2.